The SMILES string of the molecule is C[C@H]1C[C@H](c2ccccc2)CN1Cc1ccc(CO)o1. The summed E-state index contributed by atoms with van der Waals surface area (Å²) in [5.74, 6) is 2.19. The van der Waals surface area contributed by atoms with Crippen molar-refractivity contribution >= 4 is 0 Å². The topological polar surface area (TPSA) is 36.6 Å². The molecule has 0 bridgehead atoms. The molecule has 2 heterocycles. The van der Waals surface area contributed by atoms with Crippen molar-refractivity contribution in [1.29, 1.82) is 0 Å². The van der Waals surface area contributed by atoms with E-state index in [9.17, 15) is 0 Å². The highest BCUT2D eigenvalue weighted by atomic mass is 16.4. The Morgan fingerprint density at radius 3 is 2.60 bits per heavy atom. The number of aliphatic hydroxyl groups excluding tert-OH is 1. The number of nitrogens with zero attached hydrogens (tertiary/aromatic N) is 1. The Kier molecular flexibility index (Phi) is 3.90. The molecule has 1 aromatic carbocycles. The number of hydrogen-bond donors (Lipinski definition) is 1. The van der Waals surface area contributed by atoms with Crippen LogP contribution in [0.1, 0.15) is 36.3 Å². The maximum absolute atomic E-state index is 9.05. The molecule has 0 amide bonds. The van der Waals surface area contributed by atoms with Gasteiger partial charge < -0.3 is 9.52 Å². The van der Waals surface area contributed by atoms with Crippen LogP contribution < -0.4 is 0 Å². The van der Waals surface area contributed by atoms with Gasteiger partial charge in [-0.25, -0.2) is 0 Å². The van der Waals surface area contributed by atoms with Gasteiger partial charge in [-0.1, -0.05) is 30.3 Å². The summed E-state index contributed by atoms with van der Waals surface area (Å²) in [5, 5.41) is 9.05. The second-order valence-corrected chi connectivity index (χ2v) is 5.65. The Balaban J connectivity index is 1.66. The van der Waals surface area contributed by atoms with Gasteiger partial charge in [-0.3, -0.25) is 4.90 Å². The summed E-state index contributed by atoms with van der Waals surface area (Å²) in [6.45, 7) is 4.14. The van der Waals surface area contributed by atoms with Crippen LogP contribution in [0.25, 0.3) is 0 Å². The Labute approximate surface area is 119 Å². The molecule has 1 saturated heterocycles. The monoisotopic (exact) mass is 271 g/mol. The molecule has 1 aliphatic heterocycles. The first-order chi connectivity index (χ1) is 9.76. The van der Waals surface area contributed by atoms with Crippen molar-refractivity contribution in [1.82, 2.24) is 4.90 Å². The maximum Gasteiger partial charge on any atom is 0.129 e. The summed E-state index contributed by atoms with van der Waals surface area (Å²) in [7, 11) is 0. The van der Waals surface area contributed by atoms with Crippen LogP contribution in [0.3, 0.4) is 0 Å². The van der Waals surface area contributed by atoms with Crippen molar-refractivity contribution in [3.63, 3.8) is 0 Å². The van der Waals surface area contributed by atoms with Crippen LogP contribution in [-0.4, -0.2) is 22.6 Å². The summed E-state index contributed by atoms with van der Waals surface area (Å²) in [6.07, 6.45) is 1.19. The molecule has 0 aliphatic carbocycles. The van der Waals surface area contributed by atoms with E-state index in [2.05, 4.69) is 42.2 Å². The lowest BCUT2D eigenvalue weighted by molar-refractivity contribution is 0.215. The molecular weight excluding hydrogens is 250 g/mol. The van der Waals surface area contributed by atoms with Gasteiger partial charge in [0.1, 0.15) is 18.1 Å². The quantitative estimate of drug-likeness (QED) is 0.928. The average Bonchev–Trinajstić information content (AvgIpc) is 3.08. The molecule has 0 unspecified atom stereocenters. The molecule has 106 valence electrons. The van der Waals surface area contributed by atoms with Crippen molar-refractivity contribution in [3.05, 3.63) is 59.5 Å². The summed E-state index contributed by atoms with van der Waals surface area (Å²) in [6, 6.07) is 15.1. The zero-order valence-corrected chi connectivity index (χ0v) is 11.8. The number of furan rings is 1. The molecule has 3 heteroatoms. The molecule has 20 heavy (non-hydrogen) atoms. The summed E-state index contributed by atoms with van der Waals surface area (Å²) in [5.41, 5.74) is 1.43. The lowest BCUT2D eigenvalue weighted by Gasteiger charge is -2.19. The van der Waals surface area contributed by atoms with Gasteiger partial charge in [-0.05, 0) is 37.0 Å². The van der Waals surface area contributed by atoms with Gasteiger partial charge in [0.05, 0.1) is 6.54 Å². The number of benzene rings is 1. The number of aliphatic hydroxyl groups is 1. The van der Waals surface area contributed by atoms with Gasteiger partial charge in [0, 0.05) is 12.6 Å². The zero-order chi connectivity index (χ0) is 13.9. The predicted octanol–water partition coefficient (Wildman–Crippen LogP) is 3.15. The molecular formula is C17H21NO2. The molecule has 0 radical (unpaired) electrons. The molecule has 2 aromatic rings. The molecule has 2 atom stereocenters. The summed E-state index contributed by atoms with van der Waals surface area (Å²) in [4.78, 5) is 2.46. The Bertz CT molecular complexity index is 549. The van der Waals surface area contributed by atoms with Gasteiger partial charge >= 0.3 is 0 Å². The normalized spacial score (nSPS) is 23.3. The molecule has 0 spiro atoms. The van der Waals surface area contributed by atoms with E-state index in [0.29, 0.717) is 17.7 Å². The van der Waals surface area contributed by atoms with Crippen molar-refractivity contribution in [3.8, 4) is 0 Å². The molecule has 3 nitrogen and oxygen atoms in total. The number of hydrogen-bond acceptors (Lipinski definition) is 3. The highest BCUT2D eigenvalue weighted by Gasteiger charge is 2.30. The first-order valence-electron chi connectivity index (χ1n) is 7.23. The lowest BCUT2D eigenvalue weighted by Crippen LogP contribution is -2.26. The standard InChI is InChI=1S/C17H21NO2/c1-13-9-15(14-5-3-2-4-6-14)10-18(13)11-16-7-8-17(12-19)20-16/h2-8,13,15,19H,9-12H2,1H3/t13-,15-/m0/s1. The van der Waals surface area contributed by atoms with Crippen molar-refractivity contribution in [2.24, 2.45) is 0 Å². The third-order valence-corrected chi connectivity index (χ3v) is 4.21. The van der Waals surface area contributed by atoms with Crippen LogP contribution in [0.2, 0.25) is 0 Å². The first kappa shape index (κ1) is 13.4. The van der Waals surface area contributed by atoms with E-state index in [-0.39, 0.29) is 6.61 Å². The van der Waals surface area contributed by atoms with Gasteiger partial charge in [0.2, 0.25) is 0 Å². The van der Waals surface area contributed by atoms with Gasteiger partial charge in [0.25, 0.3) is 0 Å². The fourth-order valence-electron chi connectivity index (χ4n) is 3.08. The van der Waals surface area contributed by atoms with Gasteiger partial charge in [-0.2, -0.15) is 0 Å². The van der Waals surface area contributed by atoms with Crippen molar-refractivity contribution in [2.45, 2.75) is 38.5 Å². The van der Waals surface area contributed by atoms with Crippen LogP contribution >= 0.6 is 0 Å². The summed E-state index contributed by atoms with van der Waals surface area (Å²) >= 11 is 0. The van der Waals surface area contributed by atoms with Crippen molar-refractivity contribution < 1.29 is 9.52 Å². The highest BCUT2D eigenvalue weighted by molar-refractivity contribution is 5.21. The van der Waals surface area contributed by atoms with Crippen LogP contribution in [0.4, 0.5) is 0 Å². The van der Waals surface area contributed by atoms with E-state index < -0.39 is 0 Å². The fourth-order valence-corrected chi connectivity index (χ4v) is 3.08. The number of rotatable bonds is 4. The van der Waals surface area contributed by atoms with E-state index in [0.717, 1.165) is 18.8 Å². The summed E-state index contributed by atoms with van der Waals surface area (Å²) < 4.78 is 5.59. The first-order valence-corrected chi connectivity index (χ1v) is 7.23. The average molecular weight is 271 g/mol. The number of likely N-dealkylation sites (tertiary alicyclic amines) is 1. The Morgan fingerprint density at radius 2 is 1.90 bits per heavy atom. The van der Waals surface area contributed by atoms with Gasteiger partial charge in [-0.15, -0.1) is 0 Å². The fraction of sp³-hybridized carbons (Fsp3) is 0.412. The molecule has 0 saturated carbocycles. The highest BCUT2D eigenvalue weighted by Crippen LogP contribution is 2.32. The van der Waals surface area contributed by atoms with E-state index >= 15 is 0 Å². The Morgan fingerprint density at radius 1 is 1.15 bits per heavy atom. The van der Waals surface area contributed by atoms with Crippen LogP contribution in [0.15, 0.2) is 46.9 Å². The van der Waals surface area contributed by atoms with E-state index in [4.69, 9.17) is 9.52 Å². The Hall–Kier alpha value is -1.58. The second kappa shape index (κ2) is 5.81. The van der Waals surface area contributed by atoms with Crippen molar-refractivity contribution in [2.75, 3.05) is 6.54 Å². The van der Waals surface area contributed by atoms with Crippen LogP contribution in [0.5, 0.6) is 0 Å². The minimum Gasteiger partial charge on any atom is -0.462 e. The van der Waals surface area contributed by atoms with E-state index in [1.165, 1.54) is 12.0 Å². The van der Waals surface area contributed by atoms with E-state index in [1.807, 2.05) is 12.1 Å². The minimum atomic E-state index is -0.0256. The largest absolute Gasteiger partial charge is 0.462 e. The molecule has 1 N–H and O–H groups in total. The molecule has 1 fully saturated rings. The van der Waals surface area contributed by atoms with Crippen LogP contribution in [-0.2, 0) is 13.2 Å². The minimum absolute atomic E-state index is 0.0256. The molecule has 3 rings (SSSR count). The third-order valence-electron chi connectivity index (χ3n) is 4.21. The third kappa shape index (κ3) is 2.79. The second-order valence-electron chi connectivity index (χ2n) is 5.65. The predicted molar refractivity (Wildman–Crippen MR) is 78.3 cm³/mol. The maximum atomic E-state index is 9.05. The van der Waals surface area contributed by atoms with E-state index in [1.54, 1.807) is 0 Å². The smallest absolute Gasteiger partial charge is 0.129 e. The van der Waals surface area contributed by atoms with Crippen LogP contribution in [0, 0.1) is 0 Å². The zero-order valence-electron chi connectivity index (χ0n) is 11.8. The molecule has 1 aliphatic rings. The lowest BCUT2D eigenvalue weighted by atomic mass is 9.97. The van der Waals surface area contributed by atoms with Gasteiger partial charge in [0.15, 0.2) is 0 Å². The molecule has 1 aromatic heterocycles.